The zero-order valence-electron chi connectivity index (χ0n) is 9.69. The molecule has 0 saturated heterocycles. The van der Waals surface area contributed by atoms with Crippen molar-refractivity contribution in [3.8, 4) is 0 Å². The standard InChI is InChI=1S/C13H17NOS/c1-3-10-6-8-16-13(10)12(14-4-2)11-5-7-15-9-11/h5-9,12,14H,3-4H2,1-2H3. The lowest BCUT2D eigenvalue weighted by molar-refractivity contribution is 0.554. The Bertz CT molecular complexity index is 419. The van der Waals surface area contributed by atoms with Crippen LogP contribution >= 0.6 is 11.3 Å². The van der Waals surface area contributed by atoms with E-state index in [4.69, 9.17) is 4.42 Å². The second-order valence-corrected chi connectivity index (χ2v) is 4.66. The van der Waals surface area contributed by atoms with Gasteiger partial charge >= 0.3 is 0 Å². The molecule has 16 heavy (non-hydrogen) atoms. The van der Waals surface area contributed by atoms with Crippen molar-refractivity contribution in [2.75, 3.05) is 6.54 Å². The Morgan fingerprint density at radius 1 is 1.38 bits per heavy atom. The highest BCUT2D eigenvalue weighted by atomic mass is 32.1. The van der Waals surface area contributed by atoms with Crippen molar-refractivity contribution in [3.63, 3.8) is 0 Å². The molecule has 0 aliphatic heterocycles. The first-order valence-corrected chi connectivity index (χ1v) is 6.56. The van der Waals surface area contributed by atoms with Crippen LogP contribution < -0.4 is 5.32 Å². The fourth-order valence-electron chi connectivity index (χ4n) is 1.90. The van der Waals surface area contributed by atoms with Crippen molar-refractivity contribution in [3.05, 3.63) is 46.0 Å². The third-order valence-corrected chi connectivity index (χ3v) is 3.73. The number of furan rings is 1. The molecule has 0 spiro atoms. The van der Waals surface area contributed by atoms with Gasteiger partial charge in [-0.05, 0) is 36.0 Å². The molecule has 2 heterocycles. The van der Waals surface area contributed by atoms with Crippen LogP contribution in [0.4, 0.5) is 0 Å². The summed E-state index contributed by atoms with van der Waals surface area (Å²) in [5, 5.41) is 5.68. The van der Waals surface area contributed by atoms with E-state index < -0.39 is 0 Å². The maximum absolute atomic E-state index is 5.18. The molecule has 1 N–H and O–H groups in total. The zero-order chi connectivity index (χ0) is 11.4. The number of aryl methyl sites for hydroxylation is 1. The van der Waals surface area contributed by atoms with Gasteiger partial charge in [-0.15, -0.1) is 11.3 Å². The molecule has 3 heteroatoms. The summed E-state index contributed by atoms with van der Waals surface area (Å²) in [6, 6.07) is 4.52. The van der Waals surface area contributed by atoms with E-state index in [2.05, 4.69) is 30.6 Å². The molecule has 2 aromatic heterocycles. The zero-order valence-corrected chi connectivity index (χ0v) is 10.5. The third kappa shape index (κ3) is 2.20. The minimum Gasteiger partial charge on any atom is -0.472 e. The van der Waals surface area contributed by atoms with Crippen molar-refractivity contribution in [1.29, 1.82) is 0 Å². The second-order valence-electron chi connectivity index (χ2n) is 3.71. The quantitative estimate of drug-likeness (QED) is 0.856. The Balaban J connectivity index is 2.33. The number of thiophene rings is 1. The summed E-state index contributed by atoms with van der Waals surface area (Å²) >= 11 is 1.82. The number of hydrogen-bond acceptors (Lipinski definition) is 3. The molecule has 0 aliphatic carbocycles. The van der Waals surface area contributed by atoms with Gasteiger partial charge in [-0.3, -0.25) is 0 Å². The molecule has 0 aliphatic rings. The number of nitrogens with one attached hydrogen (secondary N) is 1. The Morgan fingerprint density at radius 2 is 2.25 bits per heavy atom. The highest BCUT2D eigenvalue weighted by molar-refractivity contribution is 7.10. The first-order valence-electron chi connectivity index (χ1n) is 5.68. The summed E-state index contributed by atoms with van der Waals surface area (Å²) < 4.78 is 5.18. The van der Waals surface area contributed by atoms with Crippen LogP contribution in [0.15, 0.2) is 34.5 Å². The summed E-state index contributed by atoms with van der Waals surface area (Å²) in [5.41, 5.74) is 2.64. The number of rotatable bonds is 5. The van der Waals surface area contributed by atoms with Gasteiger partial charge in [-0.2, -0.15) is 0 Å². The monoisotopic (exact) mass is 235 g/mol. The van der Waals surface area contributed by atoms with E-state index in [1.807, 2.05) is 23.7 Å². The summed E-state index contributed by atoms with van der Waals surface area (Å²) in [5.74, 6) is 0. The summed E-state index contributed by atoms with van der Waals surface area (Å²) in [6.45, 7) is 5.28. The van der Waals surface area contributed by atoms with E-state index >= 15 is 0 Å². The summed E-state index contributed by atoms with van der Waals surface area (Å²) in [6.07, 6.45) is 4.64. The normalized spacial score (nSPS) is 12.9. The van der Waals surface area contributed by atoms with Crippen LogP contribution in [-0.2, 0) is 6.42 Å². The van der Waals surface area contributed by atoms with Crippen molar-refractivity contribution >= 4 is 11.3 Å². The molecular weight excluding hydrogens is 218 g/mol. The molecule has 0 saturated carbocycles. The Morgan fingerprint density at radius 3 is 2.88 bits per heavy atom. The van der Waals surface area contributed by atoms with E-state index in [-0.39, 0.29) is 6.04 Å². The first kappa shape index (κ1) is 11.4. The lowest BCUT2D eigenvalue weighted by Crippen LogP contribution is -2.21. The van der Waals surface area contributed by atoms with E-state index in [0.717, 1.165) is 13.0 Å². The van der Waals surface area contributed by atoms with Gasteiger partial charge in [-0.25, -0.2) is 0 Å². The minimum atomic E-state index is 0.277. The molecule has 2 aromatic rings. The molecule has 86 valence electrons. The molecule has 1 atom stereocenters. The average Bonchev–Trinajstić information content (AvgIpc) is 2.96. The molecular formula is C13H17NOS. The average molecular weight is 235 g/mol. The summed E-state index contributed by atoms with van der Waals surface area (Å²) in [4.78, 5) is 1.41. The Kier molecular flexibility index (Phi) is 3.80. The predicted molar refractivity (Wildman–Crippen MR) is 67.9 cm³/mol. The van der Waals surface area contributed by atoms with Crippen molar-refractivity contribution in [2.24, 2.45) is 0 Å². The summed E-state index contributed by atoms with van der Waals surface area (Å²) in [7, 11) is 0. The van der Waals surface area contributed by atoms with E-state index in [1.54, 1.807) is 6.26 Å². The maximum atomic E-state index is 5.18. The fourth-order valence-corrected chi connectivity index (χ4v) is 3.00. The van der Waals surface area contributed by atoms with Crippen LogP contribution in [0.1, 0.15) is 35.9 Å². The highest BCUT2D eigenvalue weighted by Gasteiger charge is 2.18. The van der Waals surface area contributed by atoms with Gasteiger partial charge in [0.15, 0.2) is 0 Å². The Hall–Kier alpha value is -1.06. The van der Waals surface area contributed by atoms with Gasteiger partial charge in [0.1, 0.15) is 0 Å². The van der Waals surface area contributed by atoms with E-state index in [0.29, 0.717) is 0 Å². The van der Waals surface area contributed by atoms with Crippen LogP contribution in [0.3, 0.4) is 0 Å². The predicted octanol–water partition coefficient (Wildman–Crippen LogP) is 3.60. The molecule has 0 fully saturated rings. The van der Waals surface area contributed by atoms with E-state index in [1.165, 1.54) is 16.0 Å². The van der Waals surface area contributed by atoms with Crippen LogP contribution in [0, 0.1) is 0 Å². The van der Waals surface area contributed by atoms with Crippen LogP contribution in [0.25, 0.3) is 0 Å². The van der Waals surface area contributed by atoms with Gasteiger partial charge in [0, 0.05) is 10.4 Å². The maximum Gasteiger partial charge on any atom is 0.0954 e. The molecule has 0 radical (unpaired) electrons. The largest absolute Gasteiger partial charge is 0.472 e. The van der Waals surface area contributed by atoms with Gasteiger partial charge in [0.2, 0.25) is 0 Å². The third-order valence-electron chi connectivity index (χ3n) is 2.71. The van der Waals surface area contributed by atoms with Gasteiger partial charge in [-0.1, -0.05) is 13.8 Å². The molecule has 2 nitrogen and oxygen atoms in total. The SMILES string of the molecule is CCNC(c1ccoc1)c1sccc1CC. The smallest absolute Gasteiger partial charge is 0.0954 e. The van der Waals surface area contributed by atoms with E-state index in [9.17, 15) is 0 Å². The van der Waals surface area contributed by atoms with Gasteiger partial charge in [0.25, 0.3) is 0 Å². The van der Waals surface area contributed by atoms with Crippen LogP contribution in [-0.4, -0.2) is 6.54 Å². The topological polar surface area (TPSA) is 25.2 Å². The highest BCUT2D eigenvalue weighted by Crippen LogP contribution is 2.30. The minimum absolute atomic E-state index is 0.277. The fraction of sp³-hybridized carbons (Fsp3) is 0.385. The second kappa shape index (κ2) is 5.32. The number of hydrogen-bond donors (Lipinski definition) is 1. The molecule has 0 bridgehead atoms. The van der Waals surface area contributed by atoms with Gasteiger partial charge in [0.05, 0.1) is 18.6 Å². The van der Waals surface area contributed by atoms with Crippen LogP contribution in [0.2, 0.25) is 0 Å². The van der Waals surface area contributed by atoms with Crippen LogP contribution in [0.5, 0.6) is 0 Å². The van der Waals surface area contributed by atoms with Crippen molar-refractivity contribution in [1.82, 2.24) is 5.32 Å². The molecule has 0 aromatic carbocycles. The molecule has 2 rings (SSSR count). The Labute approximate surface area is 100 Å². The van der Waals surface area contributed by atoms with Gasteiger partial charge < -0.3 is 9.73 Å². The lowest BCUT2D eigenvalue weighted by Gasteiger charge is -2.16. The molecule has 1 unspecified atom stereocenters. The van der Waals surface area contributed by atoms with Crippen molar-refractivity contribution < 1.29 is 4.42 Å². The van der Waals surface area contributed by atoms with Crippen molar-refractivity contribution in [2.45, 2.75) is 26.3 Å². The molecule has 0 amide bonds. The lowest BCUT2D eigenvalue weighted by atomic mass is 10.0. The first-order chi connectivity index (χ1) is 7.86.